The van der Waals surface area contributed by atoms with Gasteiger partial charge >= 0.3 is 12.4 Å². The van der Waals surface area contributed by atoms with Gasteiger partial charge in [0.05, 0.1) is 52.1 Å². The Hall–Kier alpha value is -4.36. The summed E-state index contributed by atoms with van der Waals surface area (Å²) in [7, 11) is -8.76. The van der Waals surface area contributed by atoms with Gasteiger partial charge in [-0.15, -0.1) is 0 Å². The molecule has 1 aromatic heterocycles. The molecule has 5 rings (SSSR count). The van der Waals surface area contributed by atoms with Gasteiger partial charge in [0.25, 0.3) is 26.1 Å². The molecule has 1 aliphatic heterocycles. The number of anilines is 2. The zero-order valence-corrected chi connectivity index (χ0v) is 32.4. The van der Waals surface area contributed by atoms with Crippen LogP contribution in [0.2, 0.25) is 5.02 Å². The van der Waals surface area contributed by atoms with Crippen LogP contribution >= 0.6 is 11.6 Å². The van der Waals surface area contributed by atoms with Crippen LogP contribution in [0.3, 0.4) is 0 Å². The standard InChI is InChI=1S/C37H37ClF6N4O6S2/c1-3-45-30-15-14-27(36(39,40)41)22-31(30)47(18-8-20-55(49,50)51)34(45)16-12-26(25-10-6-5-7-11-25)13-17-35-46(4-2)33-24-29(38)28(37(42,43)44)23-32(33)48(35)19-9-21-56(52,53)54/h5-7,10-17,22-24H,3-4,8-9,18-21H2,1-2H3,(H-,49,50,51,52,53,54)/p+1. The molecule has 10 nitrogen and oxygen atoms in total. The minimum Gasteiger partial charge on any atom is -0.326 e. The van der Waals surface area contributed by atoms with Crippen LogP contribution in [-0.2, 0) is 45.7 Å². The maximum Gasteiger partial charge on any atom is 0.417 e. The van der Waals surface area contributed by atoms with Crippen LogP contribution in [0.4, 0.5) is 37.7 Å². The van der Waals surface area contributed by atoms with E-state index in [0.717, 1.165) is 18.2 Å². The molecule has 19 heteroatoms. The number of rotatable bonds is 14. The highest BCUT2D eigenvalue weighted by atomic mass is 35.5. The summed E-state index contributed by atoms with van der Waals surface area (Å²) in [5.74, 6) is -0.489. The van der Waals surface area contributed by atoms with Gasteiger partial charge < -0.3 is 9.80 Å². The van der Waals surface area contributed by atoms with Gasteiger partial charge in [0.1, 0.15) is 5.82 Å². The minimum atomic E-state index is -4.79. The molecule has 0 aliphatic carbocycles. The van der Waals surface area contributed by atoms with Gasteiger partial charge in [0, 0.05) is 31.7 Å². The first kappa shape index (κ1) is 42.8. The number of allylic oxidation sites excluding steroid dienone is 4. The van der Waals surface area contributed by atoms with Crippen molar-refractivity contribution in [1.82, 2.24) is 4.57 Å². The summed E-state index contributed by atoms with van der Waals surface area (Å²) in [5, 5.41) is -0.532. The van der Waals surface area contributed by atoms with Crippen molar-refractivity contribution in [3.8, 4) is 0 Å². The fourth-order valence-corrected chi connectivity index (χ4v) is 7.90. The van der Waals surface area contributed by atoms with E-state index in [4.69, 9.17) is 11.6 Å². The maximum absolute atomic E-state index is 14.0. The Balaban J connectivity index is 1.68. The molecule has 0 saturated heterocycles. The van der Waals surface area contributed by atoms with E-state index in [1.807, 2.05) is 0 Å². The quantitative estimate of drug-likeness (QED) is 0.0561. The molecule has 0 spiro atoms. The lowest BCUT2D eigenvalue weighted by Gasteiger charge is -2.24. The molecule has 302 valence electrons. The Morgan fingerprint density at radius 3 is 2.02 bits per heavy atom. The second-order valence-corrected chi connectivity index (χ2v) is 16.3. The third kappa shape index (κ3) is 9.95. The van der Waals surface area contributed by atoms with Crippen LogP contribution in [0.1, 0.15) is 49.2 Å². The summed E-state index contributed by atoms with van der Waals surface area (Å²) in [6.07, 6.45) is -3.04. The van der Waals surface area contributed by atoms with E-state index >= 15 is 0 Å². The predicted octanol–water partition coefficient (Wildman–Crippen LogP) is 8.48. The topological polar surface area (TPSA) is 124 Å². The third-order valence-corrected chi connectivity index (χ3v) is 11.0. The van der Waals surface area contributed by atoms with E-state index < -0.39 is 60.2 Å². The van der Waals surface area contributed by atoms with Crippen molar-refractivity contribution in [2.75, 3.05) is 34.4 Å². The maximum atomic E-state index is 14.0. The number of halogens is 7. The van der Waals surface area contributed by atoms with E-state index in [-0.39, 0.29) is 43.7 Å². The Bertz CT molecular complexity index is 2410. The number of aryl methyl sites for hydroxylation is 2. The number of alkyl halides is 6. The smallest absolute Gasteiger partial charge is 0.326 e. The lowest BCUT2D eigenvalue weighted by Crippen LogP contribution is -2.35. The lowest BCUT2D eigenvalue weighted by molar-refractivity contribution is -0.670. The second kappa shape index (κ2) is 16.6. The molecule has 2 N–H and O–H groups in total. The van der Waals surface area contributed by atoms with Crippen LogP contribution in [0, 0.1) is 0 Å². The predicted molar refractivity (Wildman–Crippen MR) is 203 cm³/mol. The van der Waals surface area contributed by atoms with Gasteiger partial charge in [-0.1, -0.05) is 48.0 Å². The van der Waals surface area contributed by atoms with E-state index in [1.54, 1.807) is 82.5 Å². The number of benzene rings is 3. The van der Waals surface area contributed by atoms with Gasteiger partial charge in [-0.2, -0.15) is 43.2 Å². The van der Waals surface area contributed by atoms with Crippen molar-refractivity contribution in [3.05, 3.63) is 112 Å². The monoisotopic (exact) mass is 847 g/mol. The zero-order chi connectivity index (χ0) is 41.2. The number of hydrogen-bond acceptors (Lipinski definition) is 6. The van der Waals surface area contributed by atoms with E-state index in [9.17, 15) is 52.3 Å². The first-order valence-corrected chi connectivity index (χ1v) is 20.9. The van der Waals surface area contributed by atoms with Crippen LogP contribution in [0.5, 0.6) is 0 Å². The fourth-order valence-electron chi connectivity index (χ4n) is 6.64. The Kier molecular flexibility index (Phi) is 12.7. The van der Waals surface area contributed by atoms with Crippen molar-refractivity contribution in [2.45, 2.75) is 52.1 Å². The Labute approximate surface area is 325 Å². The molecule has 2 heterocycles. The summed E-state index contributed by atoms with van der Waals surface area (Å²) < 4.78 is 152. The molecule has 3 aromatic carbocycles. The molecule has 0 bridgehead atoms. The molecule has 0 unspecified atom stereocenters. The van der Waals surface area contributed by atoms with Crippen LogP contribution in [0.15, 0.2) is 84.7 Å². The van der Waals surface area contributed by atoms with Crippen molar-refractivity contribution < 1.29 is 56.9 Å². The number of fused-ring (bicyclic) bond motifs is 2. The van der Waals surface area contributed by atoms with Crippen LogP contribution in [0.25, 0.3) is 22.7 Å². The Morgan fingerprint density at radius 2 is 1.45 bits per heavy atom. The summed E-state index contributed by atoms with van der Waals surface area (Å²) >= 11 is 6.11. The van der Waals surface area contributed by atoms with Crippen molar-refractivity contribution >= 4 is 65.9 Å². The molecular formula is C37H38ClF6N4O6S2+. The van der Waals surface area contributed by atoms with Gasteiger partial charge in [0.15, 0.2) is 11.0 Å². The number of hydrogen-bond donors (Lipinski definition) is 2. The van der Waals surface area contributed by atoms with E-state index in [2.05, 4.69) is 0 Å². The largest absolute Gasteiger partial charge is 0.417 e. The molecule has 0 atom stereocenters. The number of nitrogens with zero attached hydrogens (tertiary/aromatic N) is 4. The zero-order valence-electron chi connectivity index (χ0n) is 30.0. The molecule has 0 radical (unpaired) electrons. The summed E-state index contributed by atoms with van der Waals surface area (Å²) in [5.41, 5.74) is 0.315. The third-order valence-electron chi connectivity index (χ3n) is 9.07. The molecule has 4 aromatic rings. The molecule has 1 aliphatic rings. The molecule has 0 saturated carbocycles. The fraction of sp³-hybridized carbons (Fsp3) is 0.324. The van der Waals surface area contributed by atoms with E-state index in [1.165, 1.54) is 17.0 Å². The van der Waals surface area contributed by atoms with Crippen LogP contribution < -0.4 is 14.4 Å². The first-order valence-electron chi connectivity index (χ1n) is 17.3. The molecular weight excluding hydrogens is 810 g/mol. The summed E-state index contributed by atoms with van der Waals surface area (Å²) in [6.45, 7) is 3.97. The highest BCUT2D eigenvalue weighted by Gasteiger charge is 2.39. The first-order chi connectivity index (χ1) is 26.1. The van der Waals surface area contributed by atoms with Gasteiger partial charge in [-0.05, 0) is 67.8 Å². The van der Waals surface area contributed by atoms with Gasteiger partial charge in [0.2, 0.25) is 0 Å². The highest BCUT2D eigenvalue weighted by Crippen LogP contribution is 2.48. The minimum absolute atomic E-state index is 0.0661. The van der Waals surface area contributed by atoms with Crippen molar-refractivity contribution in [3.63, 3.8) is 0 Å². The SMILES string of the molecule is CCN1\C(=C/C=C(/C=C/c2n(CCCS(=O)(=O)O)c3cc(C(F)(F)F)ccc3[n+]2CC)c2ccccc2)N(CCCS(=O)(=O)O)c2cc(C(F)(F)F)c(Cl)cc21. The van der Waals surface area contributed by atoms with E-state index in [0.29, 0.717) is 40.5 Å². The average Bonchev–Trinajstić information content (AvgIpc) is 3.55. The second-order valence-electron chi connectivity index (χ2n) is 12.8. The molecule has 0 amide bonds. The number of imidazole rings is 1. The van der Waals surface area contributed by atoms with Gasteiger partial charge in [-0.3, -0.25) is 9.11 Å². The van der Waals surface area contributed by atoms with Crippen molar-refractivity contribution in [1.29, 1.82) is 0 Å². The average molecular weight is 848 g/mol. The Morgan fingerprint density at radius 1 is 0.821 bits per heavy atom. The summed E-state index contributed by atoms with van der Waals surface area (Å²) in [6, 6.07) is 14.3. The number of aromatic nitrogens is 2. The van der Waals surface area contributed by atoms with Crippen molar-refractivity contribution in [2.24, 2.45) is 0 Å². The highest BCUT2D eigenvalue weighted by molar-refractivity contribution is 7.86. The molecule has 56 heavy (non-hydrogen) atoms. The normalized spacial score (nSPS) is 15.2. The van der Waals surface area contributed by atoms with Crippen LogP contribution in [-0.4, -0.2) is 55.1 Å². The van der Waals surface area contributed by atoms with Gasteiger partial charge in [-0.25, -0.2) is 9.13 Å². The lowest BCUT2D eigenvalue weighted by atomic mass is 10.0. The molecule has 0 fully saturated rings. The summed E-state index contributed by atoms with van der Waals surface area (Å²) in [4.78, 5) is 3.21.